The second-order valence-corrected chi connectivity index (χ2v) is 9.03. The molecule has 0 saturated heterocycles. The molecule has 2 N–H and O–H groups in total. The molecule has 4 unspecified atom stereocenters. The Labute approximate surface area is 174 Å². The van der Waals surface area contributed by atoms with Crippen molar-refractivity contribution >= 4 is 29.3 Å². The quantitative estimate of drug-likeness (QED) is 0.676. The number of thioether (sulfide) groups is 1. The molecule has 2 saturated carbocycles. The molecule has 4 atom stereocenters. The van der Waals surface area contributed by atoms with Gasteiger partial charge in [-0.3, -0.25) is 9.59 Å². The van der Waals surface area contributed by atoms with Gasteiger partial charge >= 0.3 is 0 Å². The van der Waals surface area contributed by atoms with Crippen LogP contribution < -0.4 is 10.6 Å². The van der Waals surface area contributed by atoms with Crippen molar-refractivity contribution in [2.45, 2.75) is 50.7 Å². The van der Waals surface area contributed by atoms with E-state index in [9.17, 15) is 9.59 Å². The number of hydrogen-bond donors (Lipinski definition) is 2. The third-order valence-corrected chi connectivity index (χ3v) is 6.93. The minimum atomic E-state index is -0.144. The molecule has 0 aliphatic heterocycles. The highest BCUT2D eigenvalue weighted by Crippen LogP contribution is 2.49. The van der Waals surface area contributed by atoms with Crippen molar-refractivity contribution in [2.75, 3.05) is 11.1 Å². The number of benzene rings is 1. The Morgan fingerprint density at radius 1 is 1.31 bits per heavy atom. The molecule has 8 nitrogen and oxygen atoms in total. The van der Waals surface area contributed by atoms with E-state index in [1.165, 1.54) is 44.4 Å². The summed E-state index contributed by atoms with van der Waals surface area (Å²) in [5.41, 5.74) is 1.39. The molecule has 29 heavy (non-hydrogen) atoms. The molecule has 154 valence electrons. The predicted octanol–water partition coefficient (Wildman–Crippen LogP) is 2.65. The van der Waals surface area contributed by atoms with Crippen LogP contribution in [-0.4, -0.2) is 43.8 Å². The minimum absolute atomic E-state index is 0.00632. The van der Waals surface area contributed by atoms with Crippen LogP contribution in [0.4, 0.5) is 5.69 Å². The number of fused-ring (bicyclic) bond motifs is 2. The van der Waals surface area contributed by atoms with Crippen LogP contribution in [0.5, 0.6) is 0 Å². The number of nitrogens with one attached hydrogen (secondary N) is 2. The van der Waals surface area contributed by atoms with Gasteiger partial charge in [-0.2, -0.15) is 4.68 Å². The van der Waals surface area contributed by atoms with Crippen LogP contribution in [0.2, 0.25) is 0 Å². The van der Waals surface area contributed by atoms with Crippen molar-refractivity contribution in [2.24, 2.45) is 17.8 Å². The average Bonchev–Trinajstić information content (AvgIpc) is 3.42. The number of tetrazole rings is 1. The molecule has 1 aromatic heterocycles. The molecule has 0 radical (unpaired) electrons. The molecule has 0 spiro atoms. The number of rotatable bonds is 7. The molecule has 2 aliphatic carbocycles. The van der Waals surface area contributed by atoms with Crippen molar-refractivity contribution in [1.29, 1.82) is 0 Å². The number of hydrogen-bond acceptors (Lipinski definition) is 6. The molecule has 4 rings (SSSR count). The summed E-state index contributed by atoms with van der Waals surface area (Å²) < 4.78 is 1.57. The predicted molar refractivity (Wildman–Crippen MR) is 111 cm³/mol. The summed E-state index contributed by atoms with van der Waals surface area (Å²) in [4.78, 5) is 23.8. The summed E-state index contributed by atoms with van der Waals surface area (Å²) in [7, 11) is 0. The van der Waals surface area contributed by atoms with Crippen LogP contribution in [0.3, 0.4) is 0 Å². The highest BCUT2D eigenvalue weighted by atomic mass is 32.2. The number of nitrogens with zero attached hydrogens (tertiary/aromatic N) is 4. The maximum Gasteiger partial charge on any atom is 0.230 e. The first kappa shape index (κ1) is 19.9. The van der Waals surface area contributed by atoms with E-state index in [0.717, 1.165) is 17.5 Å². The van der Waals surface area contributed by atoms with Gasteiger partial charge in [-0.1, -0.05) is 24.2 Å². The second-order valence-electron chi connectivity index (χ2n) is 8.09. The van der Waals surface area contributed by atoms with E-state index in [1.54, 1.807) is 16.8 Å². The first-order valence-corrected chi connectivity index (χ1v) is 11.1. The van der Waals surface area contributed by atoms with Crippen LogP contribution in [0.25, 0.3) is 5.69 Å². The zero-order chi connectivity index (χ0) is 20.4. The number of carbonyl (C=O) groups is 2. The van der Waals surface area contributed by atoms with Crippen molar-refractivity contribution in [3.05, 3.63) is 24.3 Å². The Morgan fingerprint density at radius 2 is 2.17 bits per heavy atom. The van der Waals surface area contributed by atoms with Crippen LogP contribution in [0, 0.1) is 17.8 Å². The Bertz CT molecular complexity index is 901. The number of anilines is 1. The molecular weight excluding hydrogens is 388 g/mol. The van der Waals surface area contributed by atoms with Crippen molar-refractivity contribution in [1.82, 2.24) is 25.5 Å². The first-order chi connectivity index (χ1) is 14.0. The average molecular weight is 415 g/mol. The van der Waals surface area contributed by atoms with E-state index in [4.69, 9.17) is 0 Å². The van der Waals surface area contributed by atoms with E-state index >= 15 is 0 Å². The van der Waals surface area contributed by atoms with Crippen LogP contribution in [-0.2, 0) is 9.59 Å². The largest absolute Gasteiger partial charge is 0.353 e. The monoisotopic (exact) mass is 414 g/mol. The van der Waals surface area contributed by atoms with Gasteiger partial charge in [0.05, 0.1) is 11.4 Å². The highest BCUT2D eigenvalue weighted by molar-refractivity contribution is 7.99. The molecule has 2 aliphatic rings. The fourth-order valence-corrected chi connectivity index (χ4v) is 5.49. The van der Waals surface area contributed by atoms with Crippen LogP contribution in [0.1, 0.15) is 39.5 Å². The third-order valence-electron chi connectivity index (χ3n) is 6.01. The SMILES string of the molecule is CC(=O)Nc1cccc(-n2nnnc2SCC(=O)NC(C)C2CC3CCC2C3)c1. The summed E-state index contributed by atoms with van der Waals surface area (Å²) in [5, 5.41) is 18.3. The molecule has 2 bridgehead atoms. The smallest absolute Gasteiger partial charge is 0.230 e. The van der Waals surface area contributed by atoms with Gasteiger partial charge in [-0.15, -0.1) is 5.10 Å². The topological polar surface area (TPSA) is 102 Å². The molecule has 2 amide bonds. The Balaban J connectivity index is 1.34. The standard InChI is InChI=1S/C20H26N6O2S/c1-12(18-9-14-6-7-15(18)8-14)21-19(28)11-29-20-23-24-25-26(20)17-5-3-4-16(10-17)22-13(2)27/h3-5,10,12,14-15,18H,6-9,11H2,1-2H3,(H,21,28)(H,22,27). The summed E-state index contributed by atoms with van der Waals surface area (Å²) in [6.45, 7) is 3.59. The zero-order valence-corrected chi connectivity index (χ0v) is 17.5. The Morgan fingerprint density at radius 3 is 2.90 bits per heavy atom. The van der Waals surface area contributed by atoms with Crippen molar-refractivity contribution in [3.8, 4) is 5.69 Å². The van der Waals surface area contributed by atoms with Crippen LogP contribution in [0.15, 0.2) is 29.4 Å². The lowest BCUT2D eigenvalue weighted by molar-refractivity contribution is -0.119. The van der Waals surface area contributed by atoms with E-state index in [2.05, 4.69) is 33.1 Å². The summed E-state index contributed by atoms with van der Waals surface area (Å²) in [6.07, 6.45) is 5.27. The lowest BCUT2D eigenvalue weighted by atomic mass is 9.84. The number of amides is 2. The van der Waals surface area contributed by atoms with Crippen molar-refractivity contribution in [3.63, 3.8) is 0 Å². The van der Waals surface area contributed by atoms with Gasteiger partial charge in [0.1, 0.15) is 0 Å². The second kappa shape index (κ2) is 8.52. The van der Waals surface area contributed by atoms with E-state index in [1.807, 2.05) is 12.1 Å². The minimum Gasteiger partial charge on any atom is -0.353 e. The summed E-state index contributed by atoms with van der Waals surface area (Å²) in [5.74, 6) is 2.39. The number of aromatic nitrogens is 4. The maximum absolute atomic E-state index is 12.5. The first-order valence-electron chi connectivity index (χ1n) is 10.1. The van der Waals surface area contributed by atoms with Gasteiger partial charge in [0.2, 0.25) is 17.0 Å². The lowest BCUT2D eigenvalue weighted by Crippen LogP contribution is -2.40. The molecule has 2 aromatic rings. The highest BCUT2D eigenvalue weighted by Gasteiger charge is 2.42. The Hall–Kier alpha value is -2.42. The van der Waals surface area contributed by atoms with E-state index in [-0.39, 0.29) is 23.6 Å². The van der Waals surface area contributed by atoms with Gasteiger partial charge in [-0.05, 0) is 72.6 Å². The van der Waals surface area contributed by atoms with Gasteiger partial charge in [0, 0.05) is 18.7 Å². The summed E-state index contributed by atoms with van der Waals surface area (Å²) >= 11 is 1.30. The fourth-order valence-electron chi connectivity index (χ4n) is 4.79. The third kappa shape index (κ3) is 4.60. The van der Waals surface area contributed by atoms with Gasteiger partial charge in [0.15, 0.2) is 0 Å². The van der Waals surface area contributed by atoms with Crippen molar-refractivity contribution < 1.29 is 9.59 Å². The maximum atomic E-state index is 12.5. The normalized spacial score (nSPS) is 23.7. The molecule has 9 heteroatoms. The zero-order valence-electron chi connectivity index (χ0n) is 16.7. The lowest BCUT2D eigenvalue weighted by Gasteiger charge is -2.28. The molecule has 2 fully saturated rings. The molecular formula is C20H26N6O2S. The number of carbonyl (C=O) groups excluding carboxylic acids is 2. The van der Waals surface area contributed by atoms with E-state index in [0.29, 0.717) is 16.8 Å². The molecule has 1 heterocycles. The van der Waals surface area contributed by atoms with Gasteiger partial charge in [0.25, 0.3) is 0 Å². The Kier molecular flexibility index (Phi) is 5.84. The van der Waals surface area contributed by atoms with Crippen LogP contribution >= 0.6 is 11.8 Å². The van der Waals surface area contributed by atoms with Gasteiger partial charge < -0.3 is 10.6 Å². The van der Waals surface area contributed by atoms with Gasteiger partial charge in [-0.25, -0.2) is 0 Å². The summed E-state index contributed by atoms with van der Waals surface area (Å²) in [6, 6.07) is 7.47. The fraction of sp³-hybridized carbons (Fsp3) is 0.550. The molecule has 1 aromatic carbocycles. The van der Waals surface area contributed by atoms with E-state index < -0.39 is 0 Å².